The van der Waals surface area contributed by atoms with Gasteiger partial charge in [0.2, 0.25) is 6.79 Å². The Labute approximate surface area is 92.8 Å². The van der Waals surface area contributed by atoms with Gasteiger partial charge >= 0.3 is 5.97 Å². The molecule has 5 heteroatoms. The molecular formula is C11H13NO4. The Morgan fingerprint density at radius 1 is 1.44 bits per heavy atom. The van der Waals surface area contributed by atoms with E-state index in [1.165, 1.54) is 0 Å². The van der Waals surface area contributed by atoms with Crippen LogP contribution in [0.2, 0.25) is 0 Å². The fourth-order valence-corrected chi connectivity index (χ4v) is 1.62. The first kappa shape index (κ1) is 10.8. The van der Waals surface area contributed by atoms with Crippen LogP contribution < -0.4 is 15.2 Å². The first-order chi connectivity index (χ1) is 7.70. The van der Waals surface area contributed by atoms with Crippen LogP contribution in [0.15, 0.2) is 18.2 Å². The van der Waals surface area contributed by atoms with Gasteiger partial charge in [0.15, 0.2) is 11.5 Å². The van der Waals surface area contributed by atoms with E-state index < -0.39 is 11.9 Å². The van der Waals surface area contributed by atoms with Crippen LogP contribution in [0.5, 0.6) is 11.5 Å². The Kier molecular flexibility index (Phi) is 2.96. The zero-order valence-electron chi connectivity index (χ0n) is 8.68. The topological polar surface area (TPSA) is 81.8 Å². The summed E-state index contributed by atoms with van der Waals surface area (Å²) in [6.07, 6.45) is 0.405. The summed E-state index contributed by atoms with van der Waals surface area (Å²) in [5, 5.41) is 8.89. The van der Waals surface area contributed by atoms with Gasteiger partial charge < -0.3 is 20.3 Å². The molecule has 0 saturated carbocycles. The van der Waals surface area contributed by atoms with Gasteiger partial charge in [-0.15, -0.1) is 0 Å². The van der Waals surface area contributed by atoms with Crippen molar-refractivity contribution >= 4 is 5.97 Å². The van der Waals surface area contributed by atoms with Crippen molar-refractivity contribution in [2.45, 2.75) is 6.42 Å². The fourth-order valence-electron chi connectivity index (χ4n) is 1.62. The van der Waals surface area contributed by atoms with Gasteiger partial charge in [0.25, 0.3) is 0 Å². The second kappa shape index (κ2) is 4.40. The maximum absolute atomic E-state index is 10.8. The molecule has 3 N–H and O–H groups in total. The minimum absolute atomic E-state index is 0.129. The molecular weight excluding hydrogens is 210 g/mol. The summed E-state index contributed by atoms with van der Waals surface area (Å²) in [6, 6.07) is 5.42. The van der Waals surface area contributed by atoms with E-state index in [1.807, 2.05) is 6.07 Å². The molecule has 1 aliphatic heterocycles. The second-order valence-electron chi connectivity index (χ2n) is 3.66. The molecule has 1 atom stereocenters. The fraction of sp³-hybridized carbons (Fsp3) is 0.364. The summed E-state index contributed by atoms with van der Waals surface area (Å²) in [6.45, 7) is 0.349. The van der Waals surface area contributed by atoms with Crippen molar-refractivity contribution in [3.05, 3.63) is 23.8 Å². The van der Waals surface area contributed by atoms with Crippen LogP contribution in [-0.4, -0.2) is 24.4 Å². The molecule has 0 fully saturated rings. The highest BCUT2D eigenvalue weighted by molar-refractivity contribution is 5.70. The van der Waals surface area contributed by atoms with Crippen molar-refractivity contribution in [2.24, 2.45) is 11.7 Å². The predicted octanol–water partition coefficient (Wildman–Crippen LogP) is 0.617. The first-order valence-corrected chi connectivity index (χ1v) is 5.02. The SMILES string of the molecule is NCC(Cc1ccc2c(c1)OCO2)C(=O)O. The van der Waals surface area contributed by atoms with Crippen LogP contribution in [0.3, 0.4) is 0 Å². The molecule has 0 bridgehead atoms. The van der Waals surface area contributed by atoms with E-state index in [4.69, 9.17) is 20.3 Å². The Hall–Kier alpha value is -1.75. The van der Waals surface area contributed by atoms with Crippen molar-refractivity contribution < 1.29 is 19.4 Å². The van der Waals surface area contributed by atoms with Gasteiger partial charge in [-0.2, -0.15) is 0 Å². The minimum Gasteiger partial charge on any atom is -0.481 e. The average molecular weight is 223 g/mol. The van der Waals surface area contributed by atoms with Crippen LogP contribution in [0.25, 0.3) is 0 Å². The summed E-state index contributed by atoms with van der Waals surface area (Å²) >= 11 is 0. The lowest BCUT2D eigenvalue weighted by molar-refractivity contribution is -0.141. The number of carboxylic acids is 1. The monoisotopic (exact) mass is 223 g/mol. The number of benzene rings is 1. The largest absolute Gasteiger partial charge is 0.481 e. The van der Waals surface area contributed by atoms with Gasteiger partial charge in [0.1, 0.15) is 0 Å². The van der Waals surface area contributed by atoms with E-state index in [1.54, 1.807) is 12.1 Å². The molecule has 1 unspecified atom stereocenters. The Morgan fingerprint density at radius 3 is 2.88 bits per heavy atom. The van der Waals surface area contributed by atoms with Crippen molar-refractivity contribution in [3.63, 3.8) is 0 Å². The number of ether oxygens (including phenoxy) is 2. The van der Waals surface area contributed by atoms with Crippen molar-refractivity contribution in [1.82, 2.24) is 0 Å². The number of aliphatic carboxylic acids is 1. The van der Waals surface area contributed by atoms with Crippen LogP contribution in [0.1, 0.15) is 5.56 Å². The maximum Gasteiger partial charge on any atom is 0.308 e. The number of hydrogen-bond donors (Lipinski definition) is 2. The van der Waals surface area contributed by atoms with Crippen LogP contribution in [0.4, 0.5) is 0 Å². The van der Waals surface area contributed by atoms with E-state index in [0.717, 1.165) is 5.56 Å². The van der Waals surface area contributed by atoms with E-state index in [2.05, 4.69) is 0 Å². The van der Waals surface area contributed by atoms with Gasteiger partial charge in [-0.25, -0.2) is 0 Å². The number of fused-ring (bicyclic) bond motifs is 1. The molecule has 0 spiro atoms. The molecule has 0 aromatic heterocycles. The smallest absolute Gasteiger partial charge is 0.308 e. The van der Waals surface area contributed by atoms with Crippen molar-refractivity contribution in [3.8, 4) is 11.5 Å². The third-order valence-electron chi connectivity index (χ3n) is 2.55. The van der Waals surface area contributed by atoms with Crippen LogP contribution in [-0.2, 0) is 11.2 Å². The average Bonchev–Trinajstić information content (AvgIpc) is 2.72. The lowest BCUT2D eigenvalue weighted by atomic mass is 9.99. The highest BCUT2D eigenvalue weighted by Crippen LogP contribution is 2.33. The summed E-state index contributed by atoms with van der Waals surface area (Å²) in [5.74, 6) is -0.0671. The third kappa shape index (κ3) is 2.09. The first-order valence-electron chi connectivity index (χ1n) is 5.02. The third-order valence-corrected chi connectivity index (χ3v) is 2.55. The van der Waals surface area contributed by atoms with Gasteiger partial charge in [0.05, 0.1) is 5.92 Å². The van der Waals surface area contributed by atoms with Crippen molar-refractivity contribution in [2.75, 3.05) is 13.3 Å². The Balaban J connectivity index is 2.13. The van der Waals surface area contributed by atoms with E-state index >= 15 is 0 Å². The molecule has 86 valence electrons. The quantitative estimate of drug-likeness (QED) is 0.781. The molecule has 16 heavy (non-hydrogen) atoms. The normalized spacial score (nSPS) is 14.8. The Bertz CT molecular complexity index is 405. The summed E-state index contributed by atoms with van der Waals surface area (Å²) < 4.78 is 10.4. The molecule has 5 nitrogen and oxygen atoms in total. The van der Waals surface area contributed by atoms with E-state index in [9.17, 15) is 4.79 Å². The summed E-state index contributed by atoms with van der Waals surface area (Å²) in [4.78, 5) is 10.8. The zero-order chi connectivity index (χ0) is 11.5. The highest BCUT2D eigenvalue weighted by Gasteiger charge is 2.18. The minimum atomic E-state index is -0.875. The molecule has 1 aromatic carbocycles. The molecule has 1 heterocycles. The predicted molar refractivity (Wildman–Crippen MR) is 56.4 cm³/mol. The molecule has 1 aromatic rings. The summed E-state index contributed by atoms with van der Waals surface area (Å²) in [5.41, 5.74) is 6.29. The van der Waals surface area contributed by atoms with Gasteiger partial charge in [0, 0.05) is 6.54 Å². The molecule has 0 amide bonds. The van der Waals surface area contributed by atoms with E-state index in [-0.39, 0.29) is 13.3 Å². The Morgan fingerprint density at radius 2 is 2.19 bits per heavy atom. The summed E-state index contributed by atoms with van der Waals surface area (Å²) in [7, 11) is 0. The number of carbonyl (C=O) groups is 1. The van der Waals surface area contributed by atoms with Gasteiger partial charge in [-0.3, -0.25) is 4.79 Å². The lowest BCUT2D eigenvalue weighted by Crippen LogP contribution is -2.25. The van der Waals surface area contributed by atoms with E-state index in [0.29, 0.717) is 17.9 Å². The number of carboxylic acid groups (broad SMARTS) is 1. The van der Waals surface area contributed by atoms with Gasteiger partial charge in [-0.1, -0.05) is 6.07 Å². The standard InChI is InChI=1S/C11H13NO4/c12-5-8(11(13)14)3-7-1-2-9-10(4-7)16-6-15-9/h1-2,4,8H,3,5-6,12H2,(H,13,14). The number of rotatable bonds is 4. The molecule has 1 aliphatic rings. The van der Waals surface area contributed by atoms with Crippen molar-refractivity contribution in [1.29, 1.82) is 0 Å². The van der Waals surface area contributed by atoms with Crippen LogP contribution >= 0.6 is 0 Å². The van der Waals surface area contributed by atoms with Gasteiger partial charge in [-0.05, 0) is 24.1 Å². The lowest BCUT2D eigenvalue weighted by Gasteiger charge is -2.09. The van der Waals surface area contributed by atoms with Crippen LogP contribution in [0, 0.1) is 5.92 Å². The molecule has 0 aliphatic carbocycles. The zero-order valence-corrected chi connectivity index (χ0v) is 8.68. The molecule has 2 rings (SSSR count). The highest BCUT2D eigenvalue weighted by atomic mass is 16.7. The number of hydrogen-bond acceptors (Lipinski definition) is 4. The second-order valence-corrected chi connectivity index (χ2v) is 3.66. The molecule has 0 radical (unpaired) electrons. The maximum atomic E-state index is 10.8. The number of nitrogens with two attached hydrogens (primary N) is 1. The molecule has 0 saturated heterocycles.